The predicted octanol–water partition coefficient (Wildman–Crippen LogP) is 17.3. The Morgan fingerprint density at radius 3 is 0.879 bits per heavy atom. The average molecular weight is 785 g/mol. The lowest BCUT2D eigenvalue weighted by Crippen LogP contribution is -2.07. The summed E-state index contributed by atoms with van der Waals surface area (Å²) < 4.78 is 0. The van der Waals surface area contributed by atoms with E-state index in [1.165, 1.54) is 199 Å². The topological polar surface area (TPSA) is 52.0 Å². The Hall–Kier alpha value is -3.52. The molecule has 0 aliphatic rings. The maximum Gasteiger partial charge on any atom is 0.0316 e. The standard InChI is InChI=1S/C56H84N2/c1-6-9-12-15-17-19-22-25-28-55(52-40-38-50(57)42-44(52)4)48-34-30-46(31-35-48)54(27-24-21-14-11-8-3)47-32-36-49(37-33-47)56(53-41-39-51(58)43-45(53)5)29-26-23-20-18-16-13-10-7-2/h30-43,54-56H,6-29,57-58H2,1-5H3. The van der Waals surface area contributed by atoms with Gasteiger partial charge in [-0.05, 0) is 102 Å². The molecule has 0 aliphatic heterocycles. The van der Waals surface area contributed by atoms with Crippen molar-refractivity contribution < 1.29 is 0 Å². The summed E-state index contributed by atoms with van der Waals surface area (Å²) in [7, 11) is 0. The van der Waals surface area contributed by atoms with E-state index in [4.69, 9.17) is 11.5 Å². The first-order valence-electron chi connectivity index (χ1n) is 24.3. The molecule has 0 saturated carbocycles. The van der Waals surface area contributed by atoms with Crippen LogP contribution < -0.4 is 11.5 Å². The van der Waals surface area contributed by atoms with Crippen molar-refractivity contribution in [2.45, 2.75) is 206 Å². The minimum atomic E-state index is 0.399. The molecule has 2 atom stereocenters. The Morgan fingerprint density at radius 2 is 0.586 bits per heavy atom. The van der Waals surface area contributed by atoms with Gasteiger partial charge in [-0.2, -0.15) is 0 Å². The summed E-state index contributed by atoms with van der Waals surface area (Å²) in [6.45, 7) is 11.4. The summed E-state index contributed by atoms with van der Waals surface area (Å²) in [5.41, 5.74) is 25.5. The van der Waals surface area contributed by atoms with Crippen LogP contribution in [0.25, 0.3) is 0 Å². The second kappa shape index (κ2) is 27.3. The van der Waals surface area contributed by atoms with Crippen LogP contribution in [0.15, 0.2) is 84.9 Å². The molecule has 2 unspecified atom stereocenters. The molecule has 2 nitrogen and oxygen atoms in total. The van der Waals surface area contributed by atoms with E-state index in [1.54, 1.807) is 0 Å². The van der Waals surface area contributed by atoms with E-state index in [2.05, 4.69) is 120 Å². The van der Waals surface area contributed by atoms with Gasteiger partial charge in [-0.25, -0.2) is 0 Å². The van der Waals surface area contributed by atoms with E-state index in [-0.39, 0.29) is 0 Å². The number of nitrogen functional groups attached to an aromatic ring is 2. The highest BCUT2D eigenvalue weighted by Gasteiger charge is 2.21. The highest BCUT2D eigenvalue weighted by atomic mass is 14.5. The van der Waals surface area contributed by atoms with Gasteiger partial charge in [-0.15, -0.1) is 0 Å². The molecule has 4 aromatic rings. The Kier molecular flexibility index (Phi) is 22.2. The Labute approximate surface area is 357 Å². The summed E-state index contributed by atoms with van der Waals surface area (Å²) in [4.78, 5) is 0. The van der Waals surface area contributed by atoms with E-state index in [1.807, 2.05) is 0 Å². The first-order chi connectivity index (χ1) is 28.4. The lowest BCUT2D eigenvalue weighted by molar-refractivity contribution is 0.550. The van der Waals surface area contributed by atoms with Crippen LogP contribution in [0.1, 0.15) is 237 Å². The van der Waals surface area contributed by atoms with Crippen molar-refractivity contribution in [1.82, 2.24) is 0 Å². The van der Waals surface area contributed by atoms with Crippen LogP contribution in [0.5, 0.6) is 0 Å². The summed E-state index contributed by atoms with van der Waals surface area (Å²) in [5.74, 6) is 1.20. The van der Waals surface area contributed by atoms with Crippen molar-refractivity contribution in [1.29, 1.82) is 0 Å². The van der Waals surface area contributed by atoms with Gasteiger partial charge < -0.3 is 11.5 Å². The van der Waals surface area contributed by atoms with Gasteiger partial charge in [-0.1, -0.05) is 216 Å². The minimum Gasteiger partial charge on any atom is -0.399 e. The third-order valence-corrected chi connectivity index (χ3v) is 13.1. The second-order valence-electron chi connectivity index (χ2n) is 18.0. The molecular weight excluding hydrogens is 701 g/mol. The van der Waals surface area contributed by atoms with Crippen molar-refractivity contribution in [3.05, 3.63) is 129 Å². The molecule has 0 aliphatic carbocycles. The van der Waals surface area contributed by atoms with Crippen molar-refractivity contribution in [2.24, 2.45) is 0 Å². The maximum atomic E-state index is 6.24. The molecule has 0 bridgehead atoms. The van der Waals surface area contributed by atoms with E-state index >= 15 is 0 Å². The number of hydrogen-bond donors (Lipinski definition) is 2. The summed E-state index contributed by atoms with van der Waals surface area (Å²) in [6, 6.07) is 32.8. The fraction of sp³-hybridized carbons (Fsp3) is 0.571. The zero-order valence-corrected chi connectivity index (χ0v) is 37.9. The second-order valence-corrected chi connectivity index (χ2v) is 18.0. The SMILES string of the molecule is CCCCCCCCCCC(c1ccc(C(CCCCCCC)c2ccc(C(CCCCCCCCCC)c3ccc(N)cc3C)cc2)cc1)c1ccc(N)cc1C. The fourth-order valence-electron chi connectivity index (χ4n) is 9.55. The van der Waals surface area contributed by atoms with Gasteiger partial charge >= 0.3 is 0 Å². The minimum absolute atomic E-state index is 0.399. The first kappa shape index (κ1) is 47.2. The molecule has 4 rings (SSSR count). The van der Waals surface area contributed by atoms with Gasteiger partial charge in [0.2, 0.25) is 0 Å². The molecule has 0 amide bonds. The average Bonchev–Trinajstić information content (AvgIpc) is 3.22. The molecule has 0 heterocycles. The van der Waals surface area contributed by atoms with Gasteiger partial charge in [0.1, 0.15) is 0 Å². The molecule has 0 radical (unpaired) electrons. The monoisotopic (exact) mass is 785 g/mol. The molecule has 0 aromatic heterocycles. The molecule has 2 heteroatoms. The van der Waals surface area contributed by atoms with E-state index in [0.717, 1.165) is 11.4 Å². The van der Waals surface area contributed by atoms with Gasteiger partial charge in [-0.3, -0.25) is 0 Å². The zero-order valence-electron chi connectivity index (χ0n) is 37.9. The quantitative estimate of drug-likeness (QED) is 0.0409. The van der Waals surface area contributed by atoms with Crippen LogP contribution in [0.3, 0.4) is 0 Å². The number of unbranched alkanes of at least 4 members (excludes halogenated alkanes) is 18. The lowest BCUT2D eigenvalue weighted by atomic mass is 9.80. The van der Waals surface area contributed by atoms with Gasteiger partial charge in [0.25, 0.3) is 0 Å². The van der Waals surface area contributed by atoms with Crippen LogP contribution in [0.4, 0.5) is 11.4 Å². The fourth-order valence-corrected chi connectivity index (χ4v) is 9.55. The first-order valence-corrected chi connectivity index (χ1v) is 24.3. The number of anilines is 2. The number of nitrogens with two attached hydrogens (primary N) is 2. The number of hydrogen-bond acceptors (Lipinski definition) is 2. The van der Waals surface area contributed by atoms with Gasteiger partial charge in [0, 0.05) is 29.1 Å². The third kappa shape index (κ3) is 15.9. The number of rotatable bonds is 30. The van der Waals surface area contributed by atoms with Crippen molar-refractivity contribution in [3.63, 3.8) is 0 Å². The Balaban J connectivity index is 1.55. The molecule has 4 N–H and O–H groups in total. The highest BCUT2D eigenvalue weighted by Crippen LogP contribution is 2.38. The smallest absolute Gasteiger partial charge is 0.0316 e. The number of aryl methyl sites for hydroxylation is 2. The molecule has 58 heavy (non-hydrogen) atoms. The van der Waals surface area contributed by atoms with Crippen LogP contribution in [0.2, 0.25) is 0 Å². The van der Waals surface area contributed by atoms with E-state index in [0.29, 0.717) is 17.8 Å². The lowest BCUT2D eigenvalue weighted by Gasteiger charge is -2.24. The van der Waals surface area contributed by atoms with Gasteiger partial charge in [0.15, 0.2) is 0 Å². The normalized spacial score (nSPS) is 13.1. The molecule has 0 spiro atoms. The summed E-state index contributed by atoms with van der Waals surface area (Å²) in [6.07, 6.45) is 31.7. The van der Waals surface area contributed by atoms with E-state index < -0.39 is 0 Å². The predicted molar refractivity (Wildman–Crippen MR) is 257 cm³/mol. The van der Waals surface area contributed by atoms with Crippen molar-refractivity contribution in [2.75, 3.05) is 11.5 Å². The van der Waals surface area contributed by atoms with Crippen LogP contribution in [0, 0.1) is 13.8 Å². The molecule has 0 fully saturated rings. The molecule has 4 aromatic carbocycles. The van der Waals surface area contributed by atoms with Crippen LogP contribution in [-0.2, 0) is 0 Å². The third-order valence-electron chi connectivity index (χ3n) is 13.1. The maximum absolute atomic E-state index is 6.24. The van der Waals surface area contributed by atoms with Crippen molar-refractivity contribution in [3.8, 4) is 0 Å². The highest BCUT2D eigenvalue weighted by molar-refractivity contribution is 5.50. The number of benzene rings is 4. The molecular formula is C56H84N2. The Bertz CT molecular complexity index is 1550. The van der Waals surface area contributed by atoms with E-state index in [9.17, 15) is 0 Å². The van der Waals surface area contributed by atoms with Crippen LogP contribution in [-0.4, -0.2) is 0 Å². The largest absolute Gasteiger partial charge is 0.399 e. The summed E-state index contributed by atoms with van der Waals surface area (Å²) >= 11 is 0. The Morgan fingerprint density at radius 1 is 0.328 bits per heavy atom. The van der Waals surface area contributed by atoms with Gasteiger partial charge in [0.05, 0.1) is 0 Å². The van der Waals surface area contributed by atoms with Crippen LogP contribution >= 0.6 is 0 Å². The molecule has 0 saturated heterocycles. The summed E-state index contributed by atoms with van der Waals surface area (Å²) in [5, 5.41) is 0. The van der Waals surface area contributed by atoms with Crippen molar-refractivity contribution >= 4 is 11.4 Å². The zero-order chi connectivity index (χ0) is 41.4. The molecule has 318 valence electrons.